The SMILES string of the molecule is COC(=O)C(C)C(NC(=O)/C=C/c1cccc(F)c1)c1ccccc1. The largest absolute Gasteiger partial charge is 0.469 e. The Hall–Kier alpha value is -2.95. The van der Waals surface area contributed by atoms with Crippen molar-refractivity contribution < 1.29 is 18.7 Å². The first-order chi connectivity index (χ1) is 12.0. The van der Waals surface area contributed by atoms with Crippen LogP contribution in [-0.2, 0) is 14.3 Å². The summed E-state index contributed by atoms with van der Waals surface area (Å²) in [4.78, 5) is 24.1. The third kappa shape index (κ3) is 5.28. The number of hydrogen-bond acceptors (Lipinski definition) is 3. The lowest BCUT2D eigenvalue weighted by atomic mass is 9.94. The molecule has 2 aromatic rings. The van der Waals surface area contributed by atoms with Gasteiger partial charge in [-0.3, -0.25) is 9.59 Å². The van der Waals surface area contributed by atoms with Gasteiger partial charge in [0, 0.05) is 6.08 Å². The smallest absolute Gasteiger partial charge is 0.310 e. The second-order valence-corrected chi connectivity index (χ2v) is 5.60. The number of halogens is 1. The number of carbonyl (C=O) groups is 2. The van der Waals surface area contributed by atoms with Gasteiger partial charge >= 0.3 is 5.97 Å². The van der Waals surface area contributed by atoms with Gasteiger partial charge in [-0.1, -0.05) is 42.5 Å². The molecule has 1 N–H and O–H groups in total. The molecule has 0 aliphatic rings. The minimum Gasteiger partial charge on any atom is -0.469 e. The first-order valence-corrected chi connectivity index (χ1v) is 7.88. The van der Waals surface area contributed by atoms with E-state index in [2.05, 4.69) is 5.32 Å². The lowest BCUT2D eigenvalue weighted by molar-refractivity contribution is -0.146. The lowest BCUT2D eigenvalue weighted by Crippen LogP contribution is -2.35. The summed E-state index contributed by atoms with van der Waals surface area (Å²) in [6.45, 7) is 1.69. The highest BCUT2D eigenvalue weighted by atomic mass is 19.1. The molecule has 0 saturated heterocycles. The number of carbonyl (C=O) groups excluding carboxylic acids is 2. The standard InChI is InChI=1S/C20H20FNO3/c1-14(20(24)25-2)19(16-8-4-3-5-9-16)22-18(23)12-11-15-7-6-10-17(21)13-15/h3-14,19H,1-2H3,(H,22,23)/b12-11+. The van der Waals surface area contributed by atoms with E-state index in [-0.39, 0.29) is 11.7 Å². The zero-order chi connectivity index (χ0) is 18.2. The van der Waals surface area contributed by atoms with Gasteiger partial charge in [0.1, 0.15) is 5.82 Å². The van der Waals surface area contributed by atoms with Crippen LogP contribution >= 0.6 is 0 Å². The Morgan fingerprint density at radius 2 is 1.84 bits per heavy atom. The van der Waals surface area contributed by atoms with Crippen LogP contribution in [0.2, 0.25) is 0 Å². The summed E-state index contributed by atoms with van der Waals surface area (Å²) in [5, 5.41) is 2.81. The molecule has 0 bridgehead atoms. The third-order valence-corrected chi connectivity index (χ3v) is 3.81. The molecule has 25 heavy (non-hydrogen) atoms. The van der Waals surface area contributed by atoms with Gasteiger partial charge in [0.25, 0.3) is 0 Å². The van der Waals surface area contributed by atoms with Crippen molar-refractivity contribution in [3.05, 3.63) is 77.6 Å². The van der Waals surface area contributed by atoms with Crippen molar-refractivity contribution in [3.8, 4) is 0 Å². The predicted molar refractivity (Wildman–Crippen MR) is 93.9 cm³/mol. The normalized spacial score (nSPS) is 13.2. The van der Waals surface area contributed by atoms with Gasteiger partial charge < -0.3 is 10.1 Å². The molecular formula is C20H20FNO3. The van der Waals surface area contributed by atoms with Gasteiger partial charge in [0.05, 0.1) is 19.1 Å². The Balaban J connectivity index is 2.15. The zero-order valence-corrected chi connectivity index (χ0v) is 14.1. The maximum Gasteiger partial charge on any atom is 0.310 e. The van der Waals surface area contributed by atoms with E-state index in [4.69, 9.17) is 4.74 Å². The maximum atomic E-state index is 13.2. The van der Waals surface area contributed by atoms with Crippen LogP contribution < -0.4 is 5.32 Å². The molecule has 2 rings (SSSR count). The second kappa shape index (κ2) is 8.78. The number of rotatable bonds is 6. The van der Waals surface area contributed by atoms with Crippen LogP contribution in [0.3, 0.4) is 0 Å². The molecule has 2 atom stereocenters. The van der Waals surface area contributed by atoms with Crippen LogP contribution in [0.1, 0.15) is 24.1 Å². The summed E-state index contributed by atoms with van der Waals surface area (Å²) in [7, 11) is 1.31. The van der Waals surface area contributed by atoms with Crippen LogP contribution in [0.5, 0.6) is 0 Å². The molecule has 0 heterocycles. The molecular weight excluding hydrogens is 321 g/mol. The summed E-state index contributed by atoms with van der Waals surface area (Å²) < 4.78 is 18.0. The van der Waals surface area contributed by atoms with Crippen molar-refractivity contribution in [2.24, 2.45) is 5.92 Å². The molecule has 130 valence electrons. The van der Waals surface area contributed by atoms with Crippen molar-refractivity contribution >= 4 is 18.0 Å². The summed E-state index contributed by atoms with van der Waals surface area (Å²) in [5.41, 5.74) is 1.38. The molecule has 4 nitrogen and oxygen atoms in total. The Morgan fingerprint density at radius 1 is 1.12 bits per heavy atom. The van der Waals surface area contributed by atoms with Crippen molar-refractivity contribution in [1.82, 2.24) is 5.32 Å². The molecule has 0 aliphatic heterocycles. The van der Waals surface area contributed by atoms with Crippen molar-refractivity contribution in [1.29, 1.82) is 0 Å². The molecule has 0 aromatic heterocycles. The summed E-state index contributed by atoms with van der Waals surface area (Å²) in [6.07, 6.45) is 2.83. The average Bonchev–Trinajstić information content (AvgIpc) is 2.64. The van der Waals surface area contributed by atoms with Gasteiger partial charge in [-0.05, 0) is 36.3 Å². The molecule has 0 aliphatic carbocycles. The molecule has 0 saturated carbocycles. The van der Waals surface area contributed by atoms with Gasteiger partial charge in [-0.15, -0.1) is 0 Å². The van der Waals surface area contributed by atoms with Gasteiger partial charge in [-0.25, -0.2) is 4.39 Å². The van der Waals surface area contributed by atoms with Crippen LogP contribution in [-0.4, -0.2) is 19.0 Å². The van der Waals surface area contributed by atoms with Crippen molar-refractivity contribution in [2.45, 2.75) is 13.0 Å². The summed E-state index contributed by atoms with van der Waals surface area (Å²) in [5.74, 6) is -1.72. The lowest BCUT2D eigenvalue weighted by Gasteiger charge is -2.23. The first-order valence-electron chi connectivity index (χ1n) is 7.88. The van der Waals surface area contributed by atoms with E-state index < -0.39 is 17.9 Å². The van der Waals surface area contributed by atoms with E-state index in [1.165, 1.54) is 31.4 Å². The quantitative estimate of drug-likeness (QED) is 0.646. The highest BCUT2D eigenvalue weighted by Gasteiger charge is 2.27. The molecule has 0 spiro atoms. The van der Waals surface area contributed by atoms with E-state index in [0.29, 0.717) is 5.56 Å². The van der Waals surface area contributed by atoms with Crippen molar-refractivity contribution in [2.75, 3.05) is 7.11 Å². The number of ether oxygens (including phenoxy) is 1. The van der Waals surface area contributed by atoms with Crippen molar-refractivity contribution in [3.63, 3.8) is 0 Å². The maximum absolute atomic E-state index is 13.2. The zero-order valence-electron chi connectivity index (χ0n) is 14.1. The van der Waals surface area contributed by atoms with E-state index in [9.17, 15) is 14.0 Å². The minimum absolute atomic E-state index is 0.371. The van der Waals surface area contributed by atoms with Gasteiger partial charge in [-0.2, -0.15) is 0 Å². The molecule has 5 heteroatoms. The number of amides is 1. The van der Waals surface area contributed by atoms with Gasteiger partial charge in [0.15, 0.2) is 0 Å². The number of esters is 1. The fourth-order valence-electron chi connectivity index (χ4n) is 2.46. The fraction of sp³-hybridized carbons (Fsp3) is 0.200. The highest BCUT2D eigenvalue weighted by molar-refractivity contribution is 5.92. The Morgan fingerprint density at radius 3 is 2.48 bits per heavy atom. The number of nitrogens with one attached hydrogen (secondary N) is 1. The molecule has 2 aromatic carbocycles. The van der Waals surface area contributed by atoms with E-state index >= 15 is 0 Å². The minimum atomic E-state index is -0.557. The number of hydrogen-bond donors (Lipinski definition) is 1. The van der Waals surface area contributed by atoms with E-state index in [1.807, 2.05) is 30.3 Å². The van der Waals surface area contributed by atoms with Crippen LogP contribution in [0.15, 0.2) is 60.7 Å². The number of methoxy groups -OCH3 is 1. The van der Waals surface area contributed by atoms with Crippen LogP contribution in [0, 0.1) is 11.7 Å². The third-order valence-electron chi connectivity index (χ3n) is 3.81. The Labute approximate surface area is 146 Å². The Bertz CT molecular complexity index is 759. The van der Waals surface area contributed by atoms with Gasteiger partial charge in [0.2, 0.25) is 5.91 Å². The monoisotopic (exact) mass is 341 g/mol. The highest BCUT2D eigenvalue weighted by Crippen LogP contribution is 2.23. The Kier molecular flexibility index (Phi) is 6.46. The second-order valence-electron chi connectivity index (χ2n) is 5.60. The summed E-state index contributed by atoms with van der Waals surface area (Å²) >= 11 is 0. The molecule has 2 unspecified atom stereocenters. The van der Waals surface area contributed by atoms with Crippen LogP contribution in [0.25, 0.3) is 6.08 Å². The van der Waals surface area contributed by atoms with Crippen LogP contribution in [0.4, 0.5) is 4.39 Å². The summed E-state index contributed by atoms with van der Waals surface area (Å²) in [6, 6.07) is 14.6. The topological polar surface area (TPSA) is 55.4 Å². The molecule has 1 amide bonds. The number of benzene rings is 2. The fourth-order valence-corrected chi connectivity index (χ4v) is 2.46. The molecule has 0 fully saturated rings. The average molecular weight is 341 g/mol. The van der Waals surface area contributed by atoms with E-state index in [1.54, 1.807) is 19.1 Å². The van der Waals surface area contributed by atoms with E-state index in [0.717, 1.165) is 5.56 Å². The first kappa shape index (κ1) is 18.4. The molecule has 0 radical (unpaired) electrons. The predicted octanol–water partition coefficient (Wildman–Crippen LogP) is 3.51.